The molecular formula is C33H48N6O5. The number of carbonyl (C=O) groups is 3. The summed E-state index contributed by atoms with van der Waals surface area (Å²) >= 11 is 0. The van der Waals surface area contributed by atoms with Gasteiger partial charge in [0.05, 0.1) is 24.2 Å². The highest BCUT2D eigenvalue weighted by molar-refractivity contribution is 5.92. The monoisotopic (exact) mass is 608 g/mol. The van der Waals surface area contributed by atoms with Crippen molar-refractivity contribution >= 4 is 40.4 Å². The maximum atomic E-state index is 12.6. The van der Waals surface area contributed by atoms with Crippen LogP contribution in [0.5, 0.6) is 0 Å². The van der Waals surface area contributed by atoms with Gasteiger partial charge in [0.25, 0.3) is 0 Å². The number of hydrogen-bond acceptors (Lipinski definition) is 9. The van der Waals surface area contributed by atoms with Crippen molar-refractivity contribution < 1.29 is 24.6 Å². The minimum atomic E-state index is -0.0744. The molecule has 3 N–H and O–H groups in total. The van der Waals surface area contributed by atoms with E-state index < -0.39 is 0 Å². The van der Waals surface area contributed by atoms with Crippen LogP contribution in [-0.2, 0) is 14.4 Å². The minimum absolute atomic E-state index is 0.0744. The summed E-state index contributed by atoms with van der Waals surface area (Å²) in [6.07, 6.45) is 10.3. The third-order valence-corrected chi connectivity index (χ3v) is 7.18. The van der Waals surface area contributed by atoms with Crippen molar-refractivity contribution in [1.29, 1.82) is 0 Å². The average molecular weight is 609 g/mol. The first kappa shape index (κ1) is 36.1. The lowest BCUT2D eigenvalue weighted by Crippen LogP contribution is -2.49. The second-order valence-corrected chi connectivity index (χ2v) is 11.0. The number of benzene rings is 1. The molecule has 4 rings (SSSR count). The fraction of sp³-hybridized carbons (Fsp3) is 0.485. The number of hydrogen-bond donors (Lipinski definition) is 3. The van der Waals surface area contributed by atoms with Gasteiger partial charge in [0.2, 0.25) is 11.8 Å². The molecule has 11 nitrogen and oxygen atoms in total. The van der Waals surface area contributed by atoms with Crippen molar-refractivity contribution in [3.05, 3.63) is 59.7 Å². The van der Waals surface area contributed by atoms with Crippen LogP contribution in [0.15, 0.2) is 48.3 Å². The summed E-state index contributed by atoms with van der Waals surface area (Å²) in [5, 5.41) is 21.2. The van der Waals surface area contributed by atoms with Crippen LogP contribution in [0.25, 0.3) is 16.5 Å². The molecule has 1 aromatic carbocycles. The molecule has 0 spiro atoms. The van der Waals surface area contributed by atoms with E-state index in [0.29, 0.717) is 49.5 Å². The molecule has 240 valence electrons. The summed E-state index contributed by atoms with van der Waals surface area (Å²) in [4.78, 5) is 48.6. The Morgan fingerprint density at radius 3 is 2.45 bits per heavy atom. The van der Waals surface area contributed by atoms with Crippen molar-refractivity contribution in [2.45, 2.75) is 40.0 Å². The van der Waals surface area contributed by atoms with Gasteiger partial charge in [-0.25, -0.2) is 9.97 Å². The van der Waals surface area contributed by atoms with Gasteiger partial charge in [-0.15, -0.1) is 0 Å². The first-order valence-electron chi connectivity index (χ1n) is 15.0. The smallest absolute Gasteiger partial charge is 0.236 e. The normalized spacial score (nSPS) is 14.5. The third-order valence-electron chi connectivity index (χ3n) is 7.18. The Balaban J connectivity index is 0.000000481. The first-order valence-corrected chi connectivity index (χ1v) is 15.0. The number of likely N-dealkylation sites (N-methyl/N-ethyl adjacent to an activating group) is 2. The first-order chi connectivity index (χ1) is 21.1. The van der Waals surface area contributed by atoms with Gasteiger partial charge in [0.1, 0.15) is 17.9 Å². The van der Waals surface area contributed by atoms with E-state index in [2.05, 4.69) is 49.2 Å². The second kappa shape index (κ2) is 18.5. The number of aldehydes is 1. The summed E-state index contributed by atoms with van der Waals surface area (Å²) in [6.45, 7) is 9.65. The number of carbonyl (C=O) groups excluding carboxylic acids is 3. The topological polar surface area (TPSA) is 139 Å². The molecule has 0 radical (unpaired) electrons. The standard InChI is InChI=1S/C26H32N4O2.C6H12N2O2.CH4O/c1-18(2)9-12-24(32)29-13-15-30(16-14-29)26-20-11-10-19(3)17-22(20)27-25(28-26)21-7-5-4-6-8-23(21)31;1-7-5-6(10)8(2)3-4-9;1-2/h4-7,10-11,17-18,31H,8-9,12-16H2,1-3H3;4,7H,3,5H2,1-2H3;2H,1H3. The summed E-state index contributed by atoms with van der Waals surface area (Å²) in [6, 6.07) is 6.21. The van der Waals surface area contributed by atoms with Crippen LogP contribution in [0, 0.1) is 12.8 Å². The molecule has 2 amide bonds. The van der Waals surface area contributed by atoms with Crippen LogP contribution < -0.4 is 10.2 Å². The van der Waals surface area contributed by atoms with Gasteiger partial charge in [-0.05, 0) is 50.1 Å². The number of aliphatic hydroxyl groups excluding tert-OH is 2. The molecule has 1 aliphatic heterocycles. The van der Waals surface area contributed by atoms with Crippen LogP contribution in [0.1, 0.15) is 44.5 Å². The highest BCUT2D eigenvalue weighted by Crippen LogP contribution is 2.30. The fourth-order valence-electron chi connectivity index (χ4n) is 4.64. The molecular weight excluding hydrogens is 560 g/mol. The Bertz CT molecular complexity index is 1350. The number of aryl methyl sites for hydroxylation is 1. The summed E-state index contributed by atoms with van der Waals surface area (Å²) in [5.41, 5.74) is 2.65. The van der Waals surface area contributed by atoms with Gasteiger partial charge in [-0.3, -0.25) is 9.59 Å². The summed E-state index contributed by atoms with van der Waals surface area (Å²) in [5.74, 6) is 2.38. The minimum Gasteiger partial charge on any atom is -0.511 e. The van der Waals surface area contributed by atoms with E-state index in [1.165, 1.54) is 4.90 Å². The number of nitrogens with one attached hydrogen (secondary N) is 1. The number of anilines is 1. The summed E-state index contributed by atoms with van der Waals surface area (Å²) in [7, 11) is 4.28. The maximum Gasteiger partial charge on any atom is 0.236 e. The number of rotatable bonds is 9. The molecule has 2 aromatic rings. The Morgan fingerprint density at radius 2 is 1.82 bits per heavy atom. The van der Waals surface area contributed by atoms with Crippen LogP contribution >= 0.6 is 0 Å². The van der Waals surface area contributed by atoms with Gasteiger partial charge >= 0.3 is 0 Å². The van der Waals surface area contributed by atoms with Crippen molar-refractivity contribution in [2.75, 3.05) is 65.4 Å². The fourth-order valence-corrected chi connectivity index (χ4v) is 4.64. The van der Waals surface area contributed by atoms with Gasteiger partial charge < -0.3 is 35.0 Å². The van der Waals surface area contributed by atoms with E-state index >= 15 is 0 Å². The highest BCUT2D eigenvalue weighted by Gasteiger charge is 2.24. The Kier molecular flexibility index (Phi) is 15.2. The maximum absolute atomic E-state index is 12.6. The zero-order valence-corrected chi connectivity index (χ0v) is 26.9. The number of aliphatic hydroxyl groups is 2. The summed E-state index contributed by atoms with van der Waals surface area (Å²) < 4.78 is 0. The number of fused-ring (bicyclic) bond motifs is 1. The van der Waals surface area contributed by atoms with Crippen LogP contribution in [-0.4, -0.2) is 109 Å². The molecule has 1 aromatic heterocycles. The number of aromatic nitrogens is 2. The molecule has 1 saturated heterocycles. The lowest BCUT2D eigenvalue weighted by molar-refractivity contribution is -0.132. The Hall–Kier alpha value is -4.09. The van der Waals surface area contributed by atoms with Crippen LogP contribution in [0.3, 0.4) is 0 Å². The zero-order valence-electron chi connectivity index (χ0n) is 26.9. The molecule has 2 heterocycles. The molecule has 0 bridgehead atoms. The number of allylic oxidation sites excluding steroid dienone is 5. The quantitative estimate of drug-likeness (QED) is 0.366. The molecule has 1 fully saturated rings. The SMILES string of the molecule is CNCC(=O)N(C)CC=O.CO.Cc1ccc2c(N3CCN(C(=O)CCC(C)C)CC3)nc(C3=C(O)CC=CC=C3)nc2c1. The van der Waals surface area contributed by atoms with Gasteiger partial charge in [0, 0.05) is 58.6 Å². The third kappa shape index (κ3) is 10.6. The van der Waals surface area contributed by atoms with Crippen LogP contribution in [0.4, 0.5) is 5.82 Å². The molecule has 44 heavy (non-hydrogen) atoms. The average Bonchev–Trinajstić information content (AvgIpc) is 3.24. The van der Waals surface area contributed by atoms with Crippen molar-refractivity contribution in [3.63, 3.8) is 0 Å². The van der Waals surface area contributed by atoms with E-state index in [0.717, 1.165) is 48.9 Å². The van der Waals surface area contributed by atoms with Crippen molar-refractivity contribution in [3.8, 4) is 0 Å². The van der Waals surface area contributed by atoms with Gasteiger partial charge in [0.15, 0.2) is 5.82 Å². The second-order valence-electron chi connectivity index (χ2n) is 11.0. The van der Waals surface area contributed by atoms with Crippen molar-refractivity contribution in [1.82, 2.24) is 25.1 Å². The van der Waals surface area contributed by atoms with Gasteiger partial charge in [-0.1, -0.05) is 38.1 Å². The van der Waals surface area contributed by atoms with E-state index in [-0.39, 0.29) is 30.7 Å². The van der Waals surface area contributed by atoms with E-state index in [1.54, 1.807) is 14.1 Å². The predicted octanol–water partition coefficient (Wildman–Crippen LogP) is 3.28. The molecule has 1 aliphatic carbocycles. The van der Waals surface area contributed by atoms with E-state index in [1.807, 2.05) is 29.2 Å². The number of amides is 2. The molecule has 0 atom stereocenters. The predicted molar refractivity (Wildman–Crippen MR) is 175 cm³/mol. The number of piperazine rings is 1. The zero-order chi connectivity index (χ0) is 32.6. The highest BCUT2D eigenvalue weighted by atomic mass is 16.3. The van der Waals surface area contributed by atoms with E-state index in [4.69, 9.17) is 15.1 Å². The van der Waals surface area contributed by atoms with Crippen molar-refractivity contribution in [2.24, 2.45) is 5.92 Å². The van der Waals surface area contributed by atoms with Gasteiger partial charge in [-0.2, -0.15) is 0 Å². The lowest BCUT2D eigenvalue weighted by Gasteiger charge is -2.36. The number of nitrogens with zero attached hydrogens (tertiary/aromatic N) is 5. The molecule has 0 unspecified atom stereocenters. The Morgan fingerprint density at radius 1 is 1.11 bits per heavy atom. The van der Waals surface area contributed by atoms with E-state index in [9.17, 15) is 19.5 Å². The van der Waals surface area contributed by atoms with Crippen LogP contribution in [0.2, 0.25) is 0 Å². The molecule has 11 heteroatoms. The molecule has 0 saturated carbocycles. The molecule has 2 aliphatic rings. The Labute approximate surface area is 261 Å². The lowest BCUT2D eigenvalue weighted by atomic mass is 10.1. The largest absolute Gasteiger partial charge is 0.511 e.